The predicted octanol–water partition coefficient (Wildman–Crippen LogP) is 2.46. The van der Waals surface area contributed by atoms with Crippen LogP contribution in [0.4, 0.5) is 17.5 Å². The topological polar surface area (TPSA) is 113 Å². The molecule has 0 bridgehead atoms. The number of hydrogen-bond donors (Lipinski definition) is 3. The smallest absolute Gasteiger partial charge is 0.347 e. The summed E-state index contributed by atoms with van der Waals surface area (Å²) in [5.41, 5.74) is 2.54. The van der Waals surface area contributed by atoms with Crippen molar-refractivity contribution in [2.24, 2.45) is 0 Å². The van der Waals surface area contributed by atoms with Crippen molar-refractivity contribution in [3.63, 3.8) is 0 Å². The summed E-state index contributed by atoms with van der Waals surface area (Å²) in [5, 5.41) is 14.5. The highest BCUT2D eigenvalue weighted by Crippen LogP contribution is 2.20. The average molecular weight is 376 g/mol. The first kappa shape index (κ1) is 17.7. The van der Waals surface area contributed by atoms with Gasteiger partial charge in [-0.15, -0.1) is 0 Å². The Bertz CT molecular complexity index is 1150. The molecule has 0 radical (unpaired) electrons. The number of aromatic amines is 1. The lowest BCUT2D eigenvalue weighted by molar-refractivity contribution is 0.621. The van der Waals surface area contributed by atoms with Gasteiger partial charge in [-0.05, 0) is 37.6 Å². The van der Waals surface area contributed by atoms with E-state index in [9.17, 15) is 4.79 Å². The first-order chi connectivity index (χ1) is 13.7. The standard InChI is InChI=1S/C19H20N8O/c1-13-11-22-18(24-15-5-4-14-12-23-26-16(14)10-15)25-17(13)20-6-2-8-27-9-3-7-21-19(27)28/h3-5,7,9-12H,2,6,8H2,1H3,(H,23,26)(H2,20,22,24,25). The van der Waals surface area contributed by atoms with Crippen LogP contribution >= 0.6 is 0 Å². The van der Waals surface area contributed by atoms with Gasteiger partial charge in [0.05, 0.1) is 11.7 Å². The van der Waals surface area contributed by atoms with Crippen molar-refractivity contribution in [1.82, 2.24) is 29.7 Å². The van der Waals surface area contributed by atoms with Crippen molar-refractivity contribution in [2.45, 2.75) is 19.9 Å². The molecule has 0 atom stereocenters. The number of fused-ring (bicyclic) bond motifs is 1. The van der Waals surface area contributed by atoms with Gasteiger partial charge in [-0.2, -0.15) is 10.1 Å². The van der Waals surface area contributed by atoms with Gasteiger partial charge in [0, 0.05) is 48.3 Å². The van der Waals surface area contributed by atoms with Crippen LogP contribution in [0.1, 0.15) is 12.0 Å². The molecular formula is C19H20N8O. The molecule has 0 aliphatic rings. The van der Waals surface area contributed by atoms with E-state index in [2.05, 4.69) is 35.8 Å². The summed E-state index contributed by atoms with van der Waals surface area (Å²) in [6, 6.07) is 7.65. The second-order valence-electron chi connectivity index (χ2n) is 6.40. The molecule has 4 aromatic rings. The maximum Gasteiger partial charge on any atom is 0.347 e. The third-order valence-electron chi connectivity index (χ3n) is 4.32. The normalized spacial score (nSPS) is 10.9. The Labute approximate surface area is 160 Å². The van der Waals surface area contributed by atoms with Crippen LogP contribution in [0.5, 0.6) is 0 Å². The molecule has 0 aliphatic heterocycles. The summed E-state index contributed by atoms with van der Waals surface area (Å²) in [4.78, 5) is 24.3. The van der Waals surface area contributed by atoms with E-state index in [1.54, 1.807) is 29.2 Å². The summed E-state index contributed by atoms with van der Waals surface area (Å²) in [5.74, 6) is 1.27. The van der Waals surface area contributed by atoms with Crippen LogP contribution in [0.2, 0.25) is 0 Å². The highest BCUT2D eigenvalue weighted by atomic mass is 16.1. The largest absolute Gasteiger partial charge is 0.370 e. The second kappa shape index (κ2) is 7.87. The van der Waals surface area contributed by atoms with Gasteiger partial charge in [0.1, 0.15) is 5.82 Å². The van der Waals surface area contributed by atoms with E-state index in [-0.39, 0.29) is 5.69 Å². The predicted molar refractivity (Wildman–Crippen MR) is 108 cm³/mol. The fraction of sp³-hybridized carbons (Fsp3) is 0.211. The first-order valence-electron chi connectivity index (χ1n) is 8.98. The van der Waals surface area contributed by atoms with Gasteiger partial charge in [-0.1, -0.05) is 0 Å². The summed E-state index contributed by atoms with van der Waals surface area (Å²) in [6.45, 7) is 3.23. The lowest BCUT2D eigenvalue weighted by atomic mass is 10.2. The molecule has 0 spiro atoms. The van der Waals surface area contributed by atoms with E-state index in [0.29, 0.717) is 19.0 Å². The van der Waals surface area contributed by atoms with Crippen molar-refractivity contribution < 1.29 is 0 Å². The molecule has 9 heteroatoms. The number of aromatic nitrogens is 6. The van der Waals surface area contributed by atoms with Crippen LogP contribution in [0.3, 0.4) is 0 Å². The van der Waals surface area contributed by atoms with Crippen LogP contribution in [-0.2, 0) is 6.54 Å². The van der Waals surface area contributed by atoms with Gasteiger partial charge in [-0.25, -0.2) is 14.8 Å². The van der Waals surface area contributed by atoms with Gasteiger partial charge < -0.3 is 10.6 Å². The van der Waals surface area contributed by atoms with Crippen LogP contribution in [-0.4, -0.2) is 36.3 Å². The minimum absolute atomic E-state index is 0.235. The van der Waals surface area contributed by atoms with Crippen molar-refractivity contribution in [3.8, 4) is 0 Å². The number of benzene rings is 1. The summed E-state index contributed by atoms with van der Waals surface area (Å²) in [6.07, 6.45) is 7.57. The molecule has 3 heterocycles. The van der Waals surface area contributed by atoms with Gasteiger partial charge in [0.25, 0.3) is 0 Å². The fourth-order valence-electron chi connectivity index (χ4n) is 2.84. The van der Waals surface area contributed by atoms with Crippen molar-refractivity contribution in [1.29, 1.82) is 0 Å². The summed E-state index contributed by atoms with van der Waals surface area (Å²) in [7, 11) is 0. The number of rotatable bonds is 7. The molecular weight excluding hydrogens is 356 g/mol. The van der Waals surface area contributed by atoms with Gasteiger partial charge in [-0.3, -0.25) is 9.67 Å². The van der Waals surface area contributed by atoms with Crippen LogP contribution in [0.25, 0.3) is 10.9 Å². The van der Waals surface area contributed by atoms with Crippen LogP contribution < -0.4 is 16.3 Å². The van der Waals surface area contributed by atoms with Crippen molar-refractivity contribution in [2.75, 3.05) is 17.2 Å². The number of nitrogens with zero attached hydrogens (tertiary/aromatic N) is 5. The zero-order valence-electron chi connectivity index (χ0n) is 15.4. The molecule has 142 valence electrons. The Balaban J connectivity index is 1.39. The molecule has 0 fully saturated rings. The van der Waals surface area contributed by atoms with E-state index in [0.717, 1.165) is 34.4 Å². The van der Waals surface area contributed by atoms with Crippen molar-refractivity contribution >= 4 is 28.4 Å². The number of anilines is 3. The number of nitrogens with one attached hydrogen (secondary N) is 3. The van der Waals surface area contributed by atoms with E-state index >= 15 is 0 Å². The minimum Gasteiger partial charge on any atom is -0.370 e. The SMILES string of the molecule is Cc1cnc(Nc2ccc3cn[nH]c3c2)nc1NCCCn1cccnc1=O. The molecule has 3 aromatic heterocycles. The monoisotopic (exact) mass is 376 g/mol. The van der Waals surface area contributed by atoms with E-state index in [1.807, 2.05) is 25.1 Å². The molecule has 0 aliphatic carbocycles. The lowest BCUT2D eigenvalue weighted by Gasteiger charge is -2.11. The van der Waals surface area contributed by atoms with Gasteiger partial charge in [0.2, 0.25) is 5.95 Å². The van der Waals surface area contributed by atoms with E-state index < -0.39 is 0 Å². The summed E-state index contributed by atoms with van der Waals surface area (Å²) >= 11 is 0. The minimum atomic E-state index is -0.235. The number of aryl methyl sites for hydroxylation is 2. The maximum absolute atomic E-state index is 11.6. The fourth-order valence-corrected chi connectivity index (χ4v) is 2.84. The molecule has 0 saturated carbocycles. The van der Waals surface area contributed by atoms with E-state index in [1.165, 1.54) is 6.20 Å². The van der Waals surface area contributed by atoms with Gasteiger partial charge in [0.15, 0.2) is 0 Å². The van der Waals surface area contributed by atoms with Gasteiger partial charge >= 0.3 is 5.69 Å². The highest BCUT2D eigenvalue weighted by molar-refractivity contribution is 5.82. The molecule has 28 heavy (non-hydrogen) atoms. The zero-order valence-corrected chi connectivity index (χ0v) is 15.4. The quantitative estimate of drug-likeness (QED) is 0.425. The summed E-state index contributed by atoms with van der Waals surface area (Å²) < 4.78 is 1.59. The number of H-pyrrole nitrogens is 1. The average Bonchev–Trinajstić information content (AvgIpc) is 3.16. The molecule has 0 amide bonds. The molecule has 3 N–H and O–H groups in total. The Kier molecular flexibility index (Phi) is 4.96. The Hall–Kier alpha value is -3.75. The Morgan fingerprint density at radius 3 is 3.04 bits per heavy atom. The zero-order chi connectivity index (χ0) is 19.3. The molecule has 9 nitrogen and oxygen atoms in total. The molecule has 0 unspecified atom stereocenters. The van der Waals surface area contributed by atoms with E-state index in [4.69, 9.17) is 0 Å². The Morgan fingerprint density at radius 2 is 2.14 bits per heavy atom. The van der Waals surface area contributed by atoms with Crippen molar-refractivity contribution in [3.05, 3.63) is 65.1 Å². The first-order valence-corrected chi connectivity index (χ1v) is 8.98. The highest BCUT2D eigenvalue weighted by Gasteiger charge is 2.05. The molecule has 0 saturated heterocycles. The number of hydrogen-bond acceptors (Lipinski definition) is 7. The lowest BCUT2D eigenvalue weighted by Crippen LogP contribution is -2.22. The maximum atomic E-state index is 11.6. The molecule has 1 aromatic carbocycles. The molecule has 4 rings (SSSR count). The Morgan fingerprint density at radius 1 is 1.21 bits per heavy atom. The van der Waals surface area contributed by atoms with Crippen LogP contribution in [0, 0.1) is 6.92 Å². The second-order valence-corrected chi connectivity index (χ2v) is 6.40. The third kappa shape index (κ3) is 3.98. The van der Waals surface area contributed by atoms with Crippen LogP contribution in [0.15, 0.2) is 53.8 Å². The third-order valence-corrected chi connectivity index (χ3v) is 4.32.